The molecule has 1 aliphatic rings. The van der Waals surface area contributed by atoms with Crippen LogP contribution in [0.4, 0.5) is 4.39 Å². The van der Waals surface area contributed by atoms with Crippen molar-refractivity contribution in [1.29, 1.82) is 0 Å². The third-order valence-corrected chi connectivity index (χ3v) is 3.62. The molecule has 0 unspecified atom stereocenters. The van der Waals surface area contributed by atoms with Crippen molar-refractivity contribution in [2.24, 2.45) is 0 Å². The summed E-state index contributed by atoms with van der Waals surface area (Å²) in [7, 11) is 0. The Morgan fingerprint density at radius 2 is 1.76 bits per heavy atom. The average Bonchev–Trinajstić information content (AvgIpc) is 2.40. The number of nitrogens with zero attached hydrogens (tertiary/aromatic N) is 2. The van der Waals surface area contributed by atoms with Gasteiger partial charge in [0.1, 0.15) is 5.82 Å². The number of carbonyl (C=O) groups excluding carboxylic acids is 1. The summed E-state index contributed by atoms with van der Waals surface area (Å²) in [4.78, 5) is 16.3. The average molecular weight is 294 g/mol. The van der Waals surface area contributed by atoms with Crippen molar-refractivity contribution in [3.8, 4) is 0 Å². The maximum absolute atomic E-state index is 13.6. The van der Waals surface area contributed by atoms with Crippen LogP contribution >= 0.6 is 0 Å². The monoisotopic (exact) mass is 294 g/mol. The normalized spacial score (nSPS) is 17.9. The van der Waals surface area contributed by atoms with Gasteiger partial charge in [-0.05, 0) is 26.0 Å². The summed E-state index contributed by atoms with van der Waals surface area (Å²) < 4.78 is 13.6. The van der Waals surface area contributed by atoms with Gasteiger partial charge in [0.05, 0.1) is 17.7 Å². The number of halogens is 1. The van der Waals surface area contributed by atoms with Crippen LogP contribution < -0.4 is 0 Å². The lowest BCUT2D eigenvalue weighted by Crippen LogP contribution is -2.51. The fraction of sp³-hybridized carbons (Fsp3) is 0.562. The number of Topliss-reactive ketones (excluding diaryl/α,β-unsaturated/α-hetero) is 1. The van der Waals surface area contributed by atoms with Gasteiger partial charge in [-0.25, -0.2) is 4.39 Å². The molecule has 1 fully saturated rings. The zero-order valence-electron chi connectivity index (χ0n) is 12.7. The smallest absolute Gasteiger partial charge is 0.179 e. The van der Waals surface area contributed by atoms with E-state index in [1.807, 2.05) is 4.90 Å². The molecule has 0 amide bonds. The topological polar surface area (TPSA) is 43.8 Å². The van der Waals surface area contributed by atoms with E-state index in [0.29, 0.717) is 6.54 Å². The fourth-order valence-electron chi connectivity index (χ4n) is 2.63. The maximum atomic E-state index is 13.6. The highest BCUT2D eigenvalue weighted by Crippen LogP contribution is 2.11. The Balaban J connectivity index is 1.84. The molecule has 1 aromatic rings. The SMILES string of the molecule is CC(C)(O)CN1CCN(CC(=O)c2ccccc2F)CC1. The van der Waals surface area contributed by atoms with Gasteiger partial charge in [-0.2, -0.15) is 0 Å². The lowest BCUT2D eigenvalue weighted by Gasteiger charge is -2.37. The summed E-state index contributed by atoms with van der Waals surface area (Å²) in [6.45, 7) is 7.61. The molecule has 0 spiro atoms. The maximum Gasteiger partial charge on any atom is 0.179 e. The Hall–Kier alpha value is -1.30. The van der Waals surface area contributed by atoms with Gasteiger partial charge in [0.25, 0.3) is 0 Å². The number of aliphatic hydroxyl groups is 1. The molecular formula is C16H23FN2O2. The van der Waals surface area contributed by atoms with Crippen molar-refractivity contribution in [2.45, 2.75) is 19.4 Å². The molecule has 0 bridgehead atoms. The molecule has 1 N–H and O–H groups in total. The van der Waals surface area contributed by atoms with Crippen molar-refractivity contribution in [2.75, 3.05) is 39.3 Å². The van der Waals surface area contributed by atoms with Crippen LogP contribution in [-0.4, -0.2) is 65.6 Å². The minimum atomic E-state index is -0.703. The standard InChI is InChI=1S/C16H23FN2O2/c1-16(2,21)12-19-9-7-18(8-10-19)11-15(20)13-5-3-4-6-14(13)17/h3-6,21H,7-12H2,1-2H3. The summed E-state index contributed by atoms with van der Waals surface area (Å²) in [6, 6.07) is 6.11. The summed E-state index contributed by atoms with van der Waals surface area (Å²) in [5.41, 5.74) is -0.540. The Bertz CT molecular complexity index is 491. The highest BCUT2D eigenvalue weighted by molar-refractivity contribution is 5.97. The molecule has 0 radical (unpaired) electrons. The van der Waals surface area contributed by atoms with E-state index in [1.54, 1.807) is 26.0 Å². The summed E-state index contributed by atoms with van der Waals surface area (Å²) in [5.74, 6) is -0.632. The zero-order chi connectivity index (χ0) is 15.5. The van der Waals surface area contributed by atoms with Crippen LogP contribution in [0.15, 0.2) is 24.3 Å². The van der Waals surface area contributed by atoms with Crippen molar-refractivity contribution < 1.29 is 14.3 Å². The Morgan fingerprint density at radius 1 is 1.19 bits per heavy atom. The third-order valence-electron chi connectivity index (χ3n) is 3.62. The first-order valence-electron chi connectivity index (χ1n) is 7.30. The van der Waals surface area contributed by atoms with Gasteiger partial charge in [-0.15, -0.1) is 0 Å². The Kier molecular flexibility index (Phi) is 5.08. The molecule has 21 heavy (non-hydrogen) atoms. The van der Waals surface area contributed by atoms with Gasteiger partial charge >= 0.3 is 0 Å². The van der Waals surface area contributed by atoms with Crippen molar-refractivity contribution in [3.63, 3.8) is 0 Å². The van der Waals surface area contributed by atoms with E-state index in [4.69, 9.17) is 0 Å². The molecule has 0 aliphatic carbocycles. The molecule has 1 aliphatic heterocycles. The molecule has 2 rings (SSSR count). The molecule has 1 heterocycles. The quantitative estimate of drug-likeness (QED) is 0.834. The van der Waals surface area contributed by atoms with Gasteiger partial charge < -0.3 is 5.11 Å². The molecule has 0 atom stereocenters. The van der Waals surface area contributed by atoms with Gasteiger partial charge in [-0.1, -0.05) is 12.1 Å². The number of β-amino-alcohol motifs (C(OH)–C–C–N with tert-alkyl or cyclic N) is 1. The van der Waals surface area contributed by atoms with Gasteiger partial charge in [-0.3, -0.25) is 14.6 Å². The number of hydrogen-bond donors (Lipinski definition) is 1. The van der Waals surface area contributed by atoms with Crippen LogP contribution in [0.25, 0.3) is 0 Å². The van der Waals surface area contributed by atoms with E-state index in [2.05, 4.69) is 4.90 Å². The molecule has 0 saturated carbocycles. The summed E-state index contributed by atoms with van der Waals surface area (Å²) >= 11 is 0. The van der Waals surface area contributed by atoms with Crippen LogP contribution in [0.3, 0.4) is 0 Å². The first-order chi connectivity index (χ1) is 9.85. The molecule has 1 aromatic carbocycles. The molecule has 4 nitrogen and oxygen atoms in total. The van der Waals surface area contributed by atoms with Gasteiger partial charge in [0.15, 0.2) is 5.78 Å². The van der Waals surface area contributed by atoms with E-state index in [1.165, 1.54) is 12.1 Å². The van der Waals surface area contributed by atoms with E-state index >= 15 is 0 Å². The number of ketones is 1. The molecule has 5 heteroatoms. The fourth-order valence-corrected chi connectivity index (χ4v) is 2.63. The van der Waals surface area contributed by atoms with Crippen molar-refractivity contribution >= 4 is 5.78 Å². The van der Waals surface area contributed by atoms with Crippen LogP contribution in [0, 0.1) is 5.82 Å². The van der Waals surface area contributed by atoms with Gasteiger partial charge in [0.2, 0.25) is 0 Å². The van der Waals surface area contributed by atoms with E-state index in [0.717, 1.165) is 26.2 Å². The third kappa shape index (κ3) is 4.88. The first-order valence-corrected chi connectivity index (χ1v) is 7.30. The number of piperazine rings is 1. The molecule has 0 aromatic heterocycles. The molecule has 1 saturated heterocycles. The lowest BCUT2D eigenvalue weighted by atomic mass is 10.1. The Labute approximate surface area is 125 Å². The predicted octanol–water partition coefficient (Wildman–Crippen LogP) is 1.40. The molecule has 116 valence electrons. The van der Waals surface area contributed by atoms with Crippen molar-refractivity contribution in [1.82, 2.24) is 9.80 Å². The van der Waals surface area contributed by atoms with Crippen LogP contribution in [0.2, 0.25) is 0 Å². The summed E-state index contributed by atoms with van der Waals surface area (Å²) in [5, 5.41) is 9.81. The lowest BCUT2D eigenvalue weighted by molar-refractivity contribution is 0.0179. The Morgan fingerprint density at radius 3 is 2.33 bits per heavy atom. The highest BCUT2D eigenvalue weighted by Gasteiger charge is 2.24. The van der Waals surface area contributed by atoms with Crippen molar-refractivity contribution in [3.05, 3.63) is 35.6 Å². The number of benzene rings is 1. The highest BCUT2D eigenvalue weighted by atomic mass is 19.1. The number of hydrogen-bond acceptors (Lipinski definition) is 4. The zero-order valence-corrected chi connectivity index (χ0v) is 12.7. The van der Waals surface area contributed by atoms with Gasteiger partial charge in [0, 0.05) is 32.7 Å². The number of carbonyl (C=O) groups is 1. The van der Waals surface area contributed by atoms with E-state index < -0.39 is 11.4 Å². The molecular weight excluding hydrogens is 271 g/mol. The second-order valence-electron chi connectivity index (χ2n) is 6.27. The predicted molar refractivity (Wildman–Crippen MR) is 79.9 cm³/mol. The van der Waals surface area contributed by atoms with Crippen LogP contribution in [0.5, 0.6) is 0 Å². The van der Waals surface area contributed by atoms with E-state index in [9.17, 15) is 14.3 Å². The minimum absolute atomic E-state index is 0.163. The summed E-state index contributed by atoms with van der Waals surface area (Å²) in [6.07, 6.45) is 0. The van der Waals surface area contributed by atoms with Crippen LogP contribution in [-0.2, 0) is 0 Å². The van der Waals surface area contributed by atoms with Crippen LogP contribution in [0.1, 0.15) is 24.2 Å². The number of rotatable bonds is 5. The first kappa shape index (κ1) is 16.1. The minimum Gasteiger partial charge on any atom is -0.389 e. The van der Waals surface area contributed by atoms with E-state index in [-0.39, 0.29) is 17.9 Å². The largest absolute Gasteiger partial charge is 0.389 e. The second-order valence-corrected chi connectivity index (χ2v) is 6.27. The second kappa shape index (κ2) is 6.64.